The predicted molar refractivity (Wildman–Crippen MR) is 133 cm³/mol. The molecule has 0 bridgehead atoms. The predicted octanol–water partition coefficient (Wildman–Crippen LogP) is 1.65. The van der Waals surface area contributed by atoms with E-state index in [1.165, 1.54) is 0 Å². The molecule has 0 amide bonds. The van der Waals surface area contributed by atoms with Crippen LogP contribution in [0, 0.1) is 11.8 Å². The van der Waals surface area contributed by atoms with Crippen LogP contribution in [0.15, 0.2) is 34.9 Å². The summed E-state index contributed by atoms with van der Waals surface area (Å²) in [5.41, 5.74) is 8.41. The highest BCUT2D eigenvalue weighted by atomic mass is 32.2. The van der Waals surface area contributed by atoms with E-state index < -0.39 is 10.0 Å². The van der Waals surface area contributed by atoms with Crippen molar-refractivity contribution in [3.63, 3.8) is 0 Å². The van der Waals surface area contributed by atoms with Crippen molar-refractivity contribution < 1.29 is 12.8 Å². The van der Waals surface area contributed by atoms with Crippen LogP contribution in [0.1, 0.15) is 25.3 Å². The van der Waals surface area contributed by atoms with E-state index in [1.54, 1.807) is 13.1 Å². The molecule has 3 aromatic rings. The Morgan fingerprint density at radius 1 is 1.14 bits per heavy atom. The first kappa shape index (κ1) is 23.6. The fourth-order valence-corrected chi connectivity index (χ4v) is 5.94. The van der Waals surface area contributed by atoms with E-state index in [1.807, 2.05) is 31.3 Å². The average Bonchev–Trinajstić information content (AvgIpc) is 3.58. The molecule has 1 saturated carbocycles. The lowest BCUT2D eigenvalue weighted by molar-refractivity contribution is 0.428. The fraction of sp³-hybridized carbons (Fsp3) is 0.478. The zero-order valence-corrected chi connectivity index (χ0v) is 20.6. The van der Waals surface area contributed by atoms with Crippen molar-refractivity contribution in [2.45, 2.75) is 32.4 Å². The zero-order chi connectivity index (χ0) is 24.6. The molecule has 0 spiro atoms. The van der Waals surface area contributed by atoms with Crippen molar-refractivity contribution in [1.82, 2.24) is 30.2 Å². The van der Waals surface area contributed by atoms with Gasteiger partial charge in [-0.2, -0.15) is 0 Å². The first-order valence-electron chi connectivity index (χ1n) is 11.8. The van der Waals surface area contributed by atoms with Crippen LogP contribution in [0.4, 0.5) is 11.6 Å². The van der Waals surface area contributed by atoms with E-state index in [4.69, 9.17) is 15.1 Å². The van der Waals surface area contributed by atoms with Gasteiger partial charge < -0.3 is 20.4 Å². The van der Waals surface area contributed by atoms with Gasteiger partial charge in [0.15, 0.2) is 11.5 Å². The Labute approximate surface area is 204 Å². The molecule has 2 aromatic heterocycles. The van der Waals surface area contributed by atoms with Gasteiger partial charge >= 0.3 is 0 Å². The van der Waals surface area contributed by atoms with E-state index >= 15 is 0 Å². The molecule has 1 aliphatic carbocycles. The SMILES string of the molecule is CCS(=O)(=O)NC1CC[C@H]2CN(c3cnc(N)c(-c4nnc(-c5ccc(CNC)cc5)o4)n3)C[C@@H]12. The van der Waals surface area contributed by atoms with Crippen LogP contribution in [0.2, 0.25) is 0 Å². The van der Waals surface area contributed by atoms with Crippen molar-refractivity contribution in [2.75, 3.05) is 36.5 Å². The van der Waals surface area contributed by atoms with Gasteiger partial charge in [-0.1, -0.05) is 12.1 Å². The van der Waals surface area contributed by atoms with Crippen LogP contribution in [0.25, 0.3) is 23.0 Å². The number of sulfonamides is 1. The standard InChI is InChI=1S/C23H30N8O3S/c1-3-35(32,33)30-18-9-8-16-12-31(13-17(16)18)19-11-26-21(24)20(27-19)23-29-28-22(34-23)15-6-4-14(5-7-15)10-25-2/h4-7,11,16-18,25,30H,3,8-10,12-13H2,1-2H3,(H2,24,26)/t16-,17+,18?/m0/s1. The van der Waals surface area contributed by atoms with Gasteiger partial charge in [0.2, 0.25) is 15.9 Å². The van der Waals surface area contributed by atoms with Gasteiger partial charge in [-0.05, 0) is 56.3 Å². The summed E-state index contributed by atoms with van der Waals surface area (Å²) in [6, 6.07) is 7.82. The minimum absolute atomic E-state index is 0.0471. The lowest BCUT2D eigenvalue weighted by Crippen LogP contribution is -2.40. The third-order valence-corrected chi connectivity index (χ3v) is 8.31. The number of hydrogen-bond acceptors (Lipinski definition) is 10. The van der Waals surface area contributed by atoms with Crippen molar-refractivity contribution in [2.24, 2.45) is 11.8 Å². The smallest absolute Gasteiger partial charge is 0.270 e. The second-order valence-corrected chi connectivity index (χ2v) is 11.2. The number of nitrogen functional groups attached to an aromatic ring is 1. The normalized spacial score (nSPS) is 22.0. The minimum atomic E-state index is -3.24. The molecule has 3 atom stereocenters. The van der Waals surface area contributed by atoms with Crippen molar-refractivity contribution in [1.29, 1.82) is 0 Å². The van der Waals surface area contributed by atoms with Gasteiger partial charge in [0.1, 0.15) is 5.82 Å². The fourth-order valence-electron chi connectivity index (χ4n) is 5.02. The molecular weight excluding hydrogens is 468 g/mol. The van der Waals surface area contributed by atoms with Crippen LogP contribution in [-0.4, -0.2) is 60.5 Å². The highest BCUT2D eigenvalue weighted by Crippen LogP contribution is 2.40. The maximum Gasteiger partial charge on any atom is 0.270 e. The molecule has 2 aliphatic rings. The molecule has 2 fully saturated rings. The van der Waals surface area contributed by atoms with Crippen LogP contribution in [-0.2, 0) is 16.6 Å². The Morgan fingerprint density at radius 2 is 1.91 bits per heavy atom. The summed E-state index contributed by atoms with van der Waals surface area (Å²) in [6.07, 6.45) is 3.48. The monoisotopic (exact) mass is 498 g/mol. The Bertz CT molecular complexity index is 1290. The van der Waals surface area contributed by atoms with E-state index in [-0.39, 0.29) is 29.4 Å². The molecule has 35 heavy (non-hydrogen) atoms. The zero-order valence-electron chi connectivity index (χ0n) is 19.8. The van der Waals surface area contributed by atoms with E-state index in [9.17, 15) is 8.42 Å². The highest BCUT2D eigenvalue weighted by molar-refractivity contribution is 7.89. The third-order valence-electron chi connectivity index (χ3n) is 6.89. The molecule has 4 N–H and O–H groups in total. The Balaban J connectivity index is 1.34. The van der Waals surface area contributed by atoms with Gasteiger partial charge in [0, 0.05) is 31.2 Å². The molecule has 11 nitrogen and oxygen atoms in total. The van der Waals surface area contributed by atoms with Crippen LogP contribution >= 0.6 is 0 Å². The Kier molecular flexibility index (Phi) is 6.43. The van der Waals surface area contributed by atoms with Gasteiger partial charge in [0.05, 0.1) is 11.9 Å². The number of fused-ring (bicyclic) bond motifs is 1. The summed E-state index contributed by atoms with van der Waals surface area (Å²) < 4.78 is 33.0. The van der Waals surface area contributed by atoms with Crippen LogP contribution < -0.4 is 20.7 Å². The number of rotatable bonds is 8. The minimum Gasteiger partial charge on any atom is -0.414 e. The molecule has 1 unspecified atom stereocenters. The molecule has 186 valence electrons. The Hall–Kier alpha value is -3.09. The molecule has 0 radical (unpaired) electrons. The number of anilines is 2. The van der Waals surface area contributed by atoms with E-state index in [0.29, 0.717) is 29.9 Å². The molecule has 3 heterocycles. The van der Waals surface area contributed by atoms with Crippen molar-refractivity contribution in [3.8, 4) is 23.0 Å². The summed E-state index contributed by atoms with van der Waals surface area (Å²) >= 11 is 0. The summed E-state index contributed by atoms with van der Waals surface area (Å²) in [7, 11) is -1.34. The molecule has 12 heteroatoms. The van der Waals surface area contributed by atoms with Gasteiger partial charge in [-0.15, -0.1) is 10.2 Å². The summed E-state index contributed by atoms with van der Waals surface area (Å²) in [5, 5.41) is 11.4. The maximum atomic E-state index is 12.1. The highest BCUT2D eigenvalue weighted by Gasteiger charge is 2.44. The number of hydrogen-bond donors (Lipinski definition) is 3. The van der Waals surface area contributed by atoms with E-state index in [2.05, 4.69) is 30.1 Å². The van der Waals surface area contributed by atoms with E-state index in [0.717, 1.165) is 37.1 Å². The second kappa shape index (κ2) is 9.51. The number of nitrogens with zero attached hydrogens (tertiary/aromatic N) is 5. The molecule has 1 aromatic carbocycles. The first-order chi connectivity index (χ1) is 16.9. The number of nitrogens with two attached hydrogens (primary N) is 1. The number of aromatic nitrogens is 4. The summed E-state index contributed by atoms with van der Waals surface area (Å²) in [5.74, 6) is 2.19. The Morgan fingerprint density at radius 3 is 2.66 bits per heavy atom. The molecular formula is C23H30N8O3S. The number of benzene rings is 1. The number of nitrogens with one attached hydrogen (secondary N) is 2. The third kappa shape index (κ3) is 4.86. The lowest BCUT2D eigenvalue weighted by atomic mass is 9.98. The molecule has 5 rings (SSSR count). The summed E-state index contributed by atoms with van der Waals surface area (Å²) in [6.45, 7) is 3.93. The largest absolute Gasteiger partial charge is 0.414 e. The summed E-state index contributed by atoms with van der Waals surface area (Å²) in [4.78, 5) is 11.2. The van der Waals surface area contributed by atoms with Gasteiger partial charge in [-0.3, -0.25) is 0 Å². The first-order valence-corrected chi connectivity index (χ1v) is 13.5. The quantitative estimate of drug-likeness (QED) is 0.418. The van der Waals surface area contributed by atoms with Crippen molar-refractivity contribution in [3.05, 3.63) is 36.0 Å². The molecule has 1 aliphatic heterocycles. The lowest BCUT2D eigenvalue weighted by Gasteiger charge is -2.22. The van der Waals surface area contributed by atoms with Crippen molar-refractivity contribution >= 4 is 21.7 Å². The topological polar surface area (TPSA) is 152 Å². The maximum absolute atomic E-state index is 12.1. The second-order valence-electron chi connectivity index (χ2n) is 9.14. The van der Waals surface area contributed by atoms with Crippen LogP contribution in [0.3, 0.4) is 0 Å². The van der Waals surface area contributed by atoms with Gasteiger partial charge in [-0.25, -0.2) is 23.1 Å². The van der Waals surface area contributed by atoms with Gasteiger partial charge in [0.25, 0.3) is 5.89 Å². The molecule has 1 saturated heterocycles. The average molecular weight is 499 g/mol. The van der Waals surface area contributed by atoms with Crippen LogP contribution in [0.5, 0.6) is 0 Å².